The number of benzene rings is 1. The van der Waals surface area contributed by atoms with Crippen LogP contribution in [0.15, 0.2) is 48.8 Å². The molecule has 21 heavy (non-hydrogen) atoms. The minimum Gasteiger partial charge on any atom is -0.497 e. The van der Waals surface area contributed by atoms with E-state index in [0.29, 0.717) is 11.2 Å². The van der Waals surface area contributed by atoms with Gasteiger partial charge < -0.3 is 13.9 Å². The standard InChI is InChI=1S/C16H14N2O3/c1-20-13-5-3-11(4-6-13)14-10-18-8-7-12(16(19)21-2)9-15(18)17-14/h3-10H,1-2H3. The molecular formula is C16H14N2O3. The van der Waals surface area contributed by atoms with Crippen molar-refractivity contribution in [3.05, 3.63) is 54.4 Å². The second-order valence-electron chi connectivity index (χ2n) is 4.53. The van der Waals surface area contributed by atoms with E-state index in [0.717, 1.165) is 17.0 Å². The second-order valence-corrected chi connectivity index (χ2v) is 4.53. The zero-order chi connectivity index (χ0) is 14.8. The van der Waals surface area contributed by atoms with Crippen LogP contribution in [0.1, 0.15) is 10.4 Å². The van der Waals surface area contributed by atoms with Crippen molar-refractivity contribution in [2.24, 2.45) is 0 Å². The van der Waals surface area contributed by atoms with Gasteiger partial charge in [-0.05, 0) is 36.4 Å². The first-order valence-electron chi connectivity index (χ1n) is 6.43. The number of fused-ring (bicyclic) bond motifs is 1. The highest BCUT2D eigenvalue weighted by Gasteiger charge is 2.09. The molecule has 0 bridgehead atoms. The number of carbonyl (C=O) groups excluding carboxylic acids is 1. The molecular weight excluding hydrogens is 268 g/mol. The fourth-order valence-corrected chi connectivity index (χ4v) is 2.13. The lowest BCUT2D eigenvalue weighted by molar-refractivity contribution is 0.0600. The Kier molecular flexibility index (Phi) is 3.31. The number of aromatic nitrogens is 2. The van der Waals surface area contributed by atoms with Gasteiger partial charge in [-0.3, -0.25) is 0 Å². The summed E-state index contributed by atoms with van der Waals surface area (Å²) in [6.07, 6.45) is 3.71. The van der Waals surface area contributed by atoms with E-state index in [9.17, 15) is 4.79 Å². The lowest BCUT2D eigenvalue weighted by Crippen LogP contribution is -2.01. The molecule has 5 heteroatoms. The van der Waals surface area contributed by atoms with Gasteiger partial charge in [-0.1, -0.05) is 0 Å². The molecule has 2 aromatic heterocycles. The first kappa shape index (κ1) is 13.2. The minimum absolute atomic E-state index is 0.369. The Morgan fingerprint density at radius 2 is 1.90 bits per heavy atom. The Bertz CT molecular complexity index is 791. The Morgan fingerprint density at radius 3 is 2.57 bits per heavy atom. The molecule has 106 valence electrons. The van der Waals surface area contributed by atoms with Gasteiger partial charge in [0.25, 0.3) is 0 Å². The molecule has 0 spiro atoms. The van der Waals surface area contributed by atoms with Gasteiger partial charge in [0.05, 0.1) is 25.5 Å². The molecule has 0 radical (unpaired) electrons. The summed E-state index contributed by atoms with van der Waals surface area (Å²) in [6, 6.07) is 11.1. The van der Waals surface area contributed by atoms with Crippen LogP contribution >= 0.6 is 0 Å². The fourth-order valence-electron chi connectivity index (χ4n) is 2.13. The fraction of sp³-hybridized carbons (Fsp3) is 0.125. The first-order chi connectivity index (χ1) is 10.2. The zero-order valence-corrected chi connectivity index (χ0v) is 11.7. The van der Waals surface area contributed by atoms with Crippen molar-refractivity contribution in [1.82, 2.24) is 9.38 Å². The van der Waals surface area contributed by atoms with Crippen LogP contribution in [0.2, 0.25) is 0 Å². The Morgan fingerprint density at radius 1 is 1.14 bits per heavy atom. The summed E-state index contributed by atoms with van der Waals surface area (Å²) >= 11 is 0. The molecule has 0 aliphatic rings. The predicted octanol–water partition coefficient (Wildman–Crippen LogP) is 2.80. The van der Waals surface area contributed by atoms with Crippen LogP contribution < -0.4 is 4.74 Å². The third-order valence-corrected chi connectivity index (χ3v) is 3.27. The highest BCUT2D eigenvalue weighted by Crippen LogP contribution is 2.22. The number of hydrogen-bond acceptors (Lipinski definition) is 4. The Hall–Kier alpha value is -2.82. The highest BCUT2D eigenvalue weighted by atomic mass is 16.5. The molecule has 0 amide bonds. The average molecular weight is 282 g/mol. The monoisotopic (exact) mass is 282 g/mol. The number of hydrogen-bond donors (Lipinski definition) is 0. The molecule has 3 aromatic rings. The van der Waals surface area contributed by atoms with E-state index in [2.05, 4.69) is 4.98 Å². The topological polar surface area (TPSA) is 52.8 Å². The maximum Gasteiger partial charge on any atom is 0.338 e. The molecule has 0 atom stereocenters. The number of methoxy groups -OCH3 is 2. The van der Waals surface area contributed by atoms with Crippen molar-refractivity contribution < 1.29 is 14.3 Å². The lowest BCUT2D eigenvalue weighted by Gasteiger charge is -1.99. The minimum atomic E-state index is -0.369. The van der Waals surface area contributed by atoms with E-state index < -0.39 is 0 Å². The van der Waals surface area contributed by atoms with Gasteiger partial charge in [0.1, 0.15) is 11.4 Å². The van der Waals surface area contributed by atoms with Gasteiger partial charge in [-0.25, -0.2) is 9.78 Å². The van der Waals surface area contributed by atoms with Gasteiger partial charge in [-0.2, -0.15) is 0 Å². The SMILES string of the molecule is COC(=O)c1ccn2cc(-c3ccc(OC)cc3)nc2c1. The van der Waals surface area contributed by atoms with Crippen molar-refractivity contribution >= 4 is 11.6 Å². The van der Waals surface area contributed by atoms with Crippen LogP contribution in [0.5, 0.6) is 5.75 Å². The van der Waals surface area contributed by atoms with E-state index in [-0.39, 0.29) is 5.97 Å². The molecule has 0 unspecified atom stereocenters. The molecule has 0 aliphatic carbocycles. The molecule has 0 saturated carbocycles. The summed E-state index contributed by atoms with van der Waals surface area (Å²) in [6.45, 7) is 0. The van der Waals surface area contributed by atoms with Crippen LogP contribution in [-0.2, 0) is 4.74 Å². The number of carbonyl (C=O) groups is 1. The normalized spacial score (nSPS) is 10.6. The number of rotatable bonds is 3. The summed E-state index contributed by atoms with van der Waals surface area (Å²) < 4.78 is 11.7. The van der Waals surface area contributed by atoms with E-state index in [1.807, 2.05) is 34.9 Å². The molecule has 2 heterocycles. The number of imidazole rings is 1. The maximum atomic E-state index is 11.5. The molecule has 0 N–H and O–H groups in total. The first-order valence-corrected chi connectivity index (χ1v) is 6.43. The third kappa shape index (κ3) is 2.45. The maximum absolute atomic E-state index is 11.5. The third-order valence-electron chi connectivity index (χ3n) is 3.27. The van der Waals surface area contributed by atoms with Crippen molar-refractivity contribution in [2.45, 2.75) is 0 Å². The summed E-state index contributed by atoms with van der Waals surface area (Å²) in [5, 5.41) is 0. The zero-order valence-electron chi connectivity index (χ0n) is 11.7. The number of pyridine rings is 1. The lowest BCUT2D eigenvalue weighted by atomic mass is 10.2. The van der Waals surface area contributed by atoms with Crippen molar-refractivity contribution in [2.75, 3.05) is 14.2 Å². The Balaban J connectivity index is 2.01. The van der Waals surface area contributed by atoms with Crippen molar-refractivity contribution in [3.8, 4) is 17.0 Å². The van der Waals surface area contributed by atoms with Gasteiger partial charge in [0.2, 0.25) is 0 Å². The number of esters is 1. The van der Waals surface area contributed by atoms with E-state index in [4.69, 9.17) is 9.47 Å². The van der Waals surface area contributed by atoms with Crippen molar-refractivity contribution in [3.63, 3.8) is 0 Å². The van der Waals surface area contributed by atoms with Crippen LogP contribution in [0.25, 0.3) is 16.9 Å². The summed E-state index contributed by atoms with van der Waals surface area (Å²) in [7, 11) is 3.00. The molecule has 0 fully saturated rings. The quantitative estimate of drug-likeness (QED) is 0.693. The summed E-state index contributed by atoms with van der Waals surface area (Å²) in [5.41, 5.74) is 3.00. The molecule has 0 aliphatic heterocycles. The van der Waals surface area contributed by atoms with E-state index in [1.165, 1.54) is 7.11 Å². The van der Waals surface area contributed by atoms with E-state index in [1.54, 1.807) is 25.4 Å². The predicted molar refractivity (Wildman–Crippen MR) is 78.5 cm³/mol. The molecule has 1 aromatic carbocycles. The van der Waals surface area contributed by atoms with Crippen molar-refractivity contribution in [1.29, 1.82) is 0 Å². The Labute approximate surface area is 121 Å². The second kappa shape index (κ2) is 5.28. The van der Waals surface area contributed by atoms with Gasteiger partial charge in [-0.15, -0.1) is 0 Å². The molecule has 3 rings (SSSR count). The summed E-state index contributed by atoms with van der Waals surface area (Å²) in [5.74, 6) is 0.432. The largest absolute Gasteiger partial charge is 0.497 e. The smallest absolute Gasteiger partial charge is 0.338 e. The van der Waals surface area contributed by atoms with Crippen LogP contribution in [0.4, 0.5) is 0 Å². The number of nitrogens with zero attached hydrogens (tertiary/aromatic N) is 2. The van der Waals surface area contributed by atoms with Crippen LogP contribution in [0.3, 0.4) is 0 Å². The highest BCUT2D eigenvalue weighted by molar-refractivity contribution is 5.90. The molecule has 5 nitrogen and oxygen atoms in total. The van der Waals surface area contributed by atoms with Crippen LogP contribution in [-0.4, -0.2) is 29.6 Å². The summed E-state index contributed by atoms with van der Waals surface area (Å²) in [4.78, 5) is 16.1. The average Bonchev–Trinajstić information content (AvgIpc) is 2.97. The van der Waals surface area contributed by atoms with Gasteiger partial charge in [0.15, 0.2) is 0 Å². The number of ether oxygens (including phenoxy) is 2. The van der Waals surface area contributed by atoms with Gasteiger partial charge >= 0.3 is 5.97 Å². The van der Waals surface area contributed by atoms with Crippen LogP contribution in [0, 0.1) is 0 Å². The van der Waals surface area contributed by atoms with E-state index >= 15 is 0 Å². The van der Waals surface area contributed by atoms with Gasteiger partial charge in [0, 0.05) is 18.0 Å². The molecule has 0 saturated heterocycles.